The molecule has 1 heterocycles. The summed E-state index contributed by atoms with van der Waals surface area (Å²) in [6.45, 7) is 10.8. The van der Waals surface area contributed by atoms with Crippen molar-refractivity contribution >= 4 is 0 Å². The molecule has 0 aliphatic rings. The van der Waals surface area contributed by atoms with Gasteiger partial charge in [-0.25, -0.2) is 0 Å². The first-order chi connectivity index (χ1) is 6.29. The van der Waals surface area contributed by atoms with E-state index >= 15 is 0 Å². The largest absolute Gasteiger partial charge is 0.361 e. The van der Waals surface area contributed by atoms with E-state index in [4.69, 9.17) is 5.73 Å². The van der Waals surface area contributed by atoms with Crippen LogP contribution in [0.15, 0.2) is 6.07 Å². The van der Waals surface area contributed by atoms with Crippen molar-refractivity contribution in [3.63, 3.8) is 0 Å². The lowest BCUT2D eigenvalue weighted by atomic mass is 9.87. The van der Waals surface area contributed by atoms with Crippen molar-refractivity contribution in [2.75, 3.05) is 0 Å². The maximum absolute atomic E-state index is 6.16. The van der Waals surface area contributed by atoms with E-state index in [0.29, 0.717) is 0 Å². The highest BCUT2D eigenvalue weighted by Gasteiger charge is 2.19. The van der Waals surface area contributed by atoms with Gasteiger partial charge in [-0.15, -0.1) is 0 Å². The molecule has 1 aromatic heterocycles. The Kier molecular flexibility index (Phi) is 3.05. The molecule has 0 amide bonds. The second kappa shape index (κ2) is 3.77. The summed E-state index contributed by atoms with van der Waals surface area (Å²) in [6, 6.07) is 2.28. The van der Waals surface area contributed by atoms with E-state index in [9.17, 15) is 0 Å². The van der Waals surface area contributed by atoms with E-state index in [-0.39, 0.29) is 11.5 Å². The summed E-state index contributed by atoms with van der Waals surface area (Å²) in [6.07, 6.45) is 1.01. The average molecular weight is 194 g/mol. The second-order valence-corrected chi connectivity index (χ2v) is 5.42. The highest BCUT2D eigenvalue weighted by Crippen LogP contribution is 2.28. The monoisotopic (exact) mass is 194 g/mol. The first kappa shape index (κ1) is 11.3. The van der Waals surface area contributed by atoms with Gasteiger partial charge in [0, 0.05) is 17.4 Å². The zero-order chi connectivity index (χ0) is 10.9. The summed E-state index contributed by atoms with van der Waals surface area (Å²) in [7, 11) is 0. The van der Waals surface area contributed by atoms with Crippen LogP contribution in [0, 0.1) is 19.3 Å². The Bertz CT molecular complexity index is 305. The number of aryl methyl sites for hydroxylation is 2. The third-order valence-electron chi connectivity index (χ3n) is 2.39. The molecule has 80 valence electrons. The lowest BCUT2D eigenvalue weighted by Crippen LogP contribution is -2.19. The van der Waals surface area contributed by atoms with Crippen LogP contribution in [0.1, 0.15) is 50.2 Å². The van der Waals surface area contributed by atoms with Crippen LogP contribution in [0.4, 0.5) is 0 Å². The molecule has 1 aromatic rings. The van der Waals surface area contributed by atoms with E-state index in [1.165, 1.54) is 17.0 Å². The maximum Gasteiger partial charge on any atom is 0.0455 e. The fourth-order valence-corrected chi connectivity index (χ4v) is 1.90. The van der Waals surface area contributed by atoms with Crippen LogP contribution in [0.25, 0.3) is 0 Å². The molecule has 1 unspecified atom stereocenters. The van der Waals surface area contributed by atoms with E-state index in [1.807, 2.05) is 0 Å². The average Bonchev–Trinajstić information content (AvgIpc) is 2.26. The van der Waals surface area contributed by atoms with Crippen LogP contribution >= 0.6 is 0 Å². The highest BCUT2D eigenvalue weighted by molar-refractivity contribution is 5.26. The smallest absolute Gasteiger partial charge is 0.0455 e. The summed E-state index contributed by atoms with van der Waals surface area (Å²) in [5.74, 6) is 0. The molecule has 2 heteroatoms. The Morgan fingerprint density at radius 2 is 1.93 bits per heavy atom. The minimum atomic E-state index is 0.128. The molecular formula is C12H22N2. The van der Waals surface area contributed by atoms with E-state index < -0.39 is 0 Å². The molecular weight excluding hydrogens is 172 g/mol. The van der Waals surface area contributed by atoms with Crippen LogP contribution < -0.4 is 5.73 Å². The number of hydrogen-bond acceptors (Lipinski definition) is 1. The summed E-state index contributed by atoms with van der Waals surface area (Å²) >= 11 is 0. The summed E-state index contributed by atoms with van der Waals surface area (Å²) in [5, 5.41) is 0. The first-order valence-corrected chi connectivity index (χ1v) is 5.21. The second-order valence-electron chi connectivity index (χ2n) is 5.42. The van der Waals surface area contributed by atoms with E-state index in [2.05, 4.69) is 45.7 Å². The van der Waals surface area contributed by atoms with Crippen molar-refractivity contribution < 1.29 is 0 Å². The van der Waals surface area contributed by atoms with Gasteiger partial charge in [0.15, 0.2) is 0 Å². The Labute approximate surface area is 86.9 Å². The fourth-order valence-electron chi connectivity index (χ4n) is 1.90. The molecule has 0 aromatic carbocycles. The molecule has 0 aliphatic heterocycles. The lowest BCUT2D eigenvalue weighted by Gasteiger charge is -2.23. The van der Waals surface area contributed by atoms with Crippen molar-refractivity contribution in [2.24, 2.45) is 11.1 Å². The summed E-state index contributed by atoms with van der Waals surface area (Å²) in [5.41, 5.74) is 10.1. The molecule has 0 bridgehead atoms. The SMILES string of the molecule is Cc1cc(C)c(C(N)CC(C)(C)C)[nH]1. The number of rotatable bonds is 2. The van der Waals surface area contributed by atoms with Gasteiger partial charge in [-0.1, -0.05) is 20.8 Å². The number of nitrogens with two attached hydrogens (primary N) is 1. The predicted molar refractivity (Wildman–Crippen MR) is 61.3 cm³/mol. The molecule has 1 rings (SSSR count). The van der Waals surface area contributed by atoms with E-state index in [1.54, 1.807) is 0 Å². The lowest BCUT2D eigenvalue weighted by molar-refractivity contribution is 0.340. The quantitative estimate of drug-likeness (QED) is 0.746. The summed E-state index contributed by atoms with van der Waals surface area (Å²) in [4.78, 5) is 3.34. The fraction of sp³-hybridized carbons (Fsp3) is 0.667. The molecule has 14 heavy (non-hydrogen) atoms. The standard InChI is InChI=1S/C12H22N2/c1-8-6-9(2)14-11(8)10(13)7-12(3,4)5/h6,10,14H,7,13H2,1-5H3. The normalized spacial score (nSPS) is 14.4. The van der Waals surface area contributed by atoms with Gasteiger partial charge >= 0.3 is 0 Å². The molecule has 0 spiro atoms. The first-order valence-electron chi connectivity index (χ1n) is 5.21. The number of H-pyrrole nitrogens is 1. The van der Waals surface area contributed by atoms with Crippen molar-refractivity contribution in [3.05, 3.63) is 23.0 Å². The number of hydrogen-bond donors (Lipinski definition) is 2. The Morgan fingerprint density at radius 1 is 1.36 bits per heavy atom. The predicted octanol–water partition coefficient (Wildman–Crippen LogP) is 3.07. The number of aromatic amines is 1. The van der Waals surface area contributed by atoms with Gasteiger partial charge in [0.1, 0.15) is 0 Å². The summed E-state index contributed by atoms with van der Waals surface area (Å²) < 4.78 is 0. The van der Waals surface area contributed by atoms with Crippen LogP contribution in [0.5, 0.6) is 0 Å². The molecule has 2 nitrogen and oxygen atoms in total. The third kappa shape index (κ3) is 2.88. The minimum Gasteiger partial charge on any atom is -0.361 e. The third-order valence-corrected chi connectivity index (χ3v) is 2.39. The molecule has 0 saturated heterocycles. The van der Waals surface area contributed by atoms with Crippen LogP contribution in [-0.2, 0) is 0 Å². The highest BCUT2D eigenvalue weighted by atomic mass is 14.8. The Balaban J connectivity index is 2.79. The van der Waals surface area contributed by atoms with Crippen LogP contribution in [-0.4, -0.2) is 4.98 Å². The molecule has 0 saturated carbocycles. The van der Waals surface area contributed by atoms with Gasteiger partial charge in [0.2, 0.25) is 0 Å². The van der Waals surface area contributed by atoms with Crippen molar-refractivity contribution in [2.45, 2.75) is 47.1 Å². The number of aromatic nitrogens is 1. The minimum absolute atomic E-state index is 0.128. The van der Waals surface area contributed by atoms with Gasteiger partial charge in [-0.05, 0) is 37.3 Å². The van der Waals surface area contributed by atoms with Gasteiger partial charge in [-0.3, -0.25) is 0 Å². The topological polar surface area (TPSA) is 41.8 Å². The molecule has 3 N–H and O–H groups in total. The van der Waals surface area contributed by atoms with Crippen molar-refractivity contribution in [1.82, 2.24) is 4.98 Å². The van der Waals surface area contributed by atoms with Gasteiger partial charge in [0.25, 0.3) is 0 Å². The Morgan fingerprint density at radius 3 is 2.29 bits per heavy atom. The van der Waals surface area contributed by atoms with Gasteiger partial charge in [0.05, 0.1) is 0 Å². The molecule has 0 radical (unpaired) electrons. The zero-order valence-corrected chi connectivity index (χ0v) is 9.94. The van der Waals surface area contributed by atoms with Crippen LogP contribution in [0.3, 0.4) is 0 Å². The molecule has 0 aliphatic carbocycles. The molecule has 1 atom stereocenters. The van der Waals surface area contributed by atoms with Crippen molar-refractivity contribution in [1.29, 1.82) is 0 Å². The maximum atomic E-state index is 6.16. The van der Waals surface area contributed by atoms with Crippen molar-refractivity contribution in [3.8, 4) is 0 Å². The van der Waals surface area contributed by atoms with Crippen LogP contribution in [0.2, 0.25) is 0 Å². The van der Waals surface area contributed by atoms with Gasteiger partial charge < -0.3 is 10.7 Å². The molecule has 0 fully saturated rings. The van der Waals surface area contributed by atoms with Gasteiger partial charge in [-0.2, -0.15) is 0 Å². The zero-order valence-electron chi connectivity index (χ0n) is 9.94. The van der Waals surface area contributed by atoms with E-state index in [0.717, 1.165) is 6.42 Å². The Hall–Kier alpha value is -0.760. The number of nitrogens with one attached hydrogen (secondary N) is 1.